The van der Waals surface area contributed by atoms with Crippen molar-refractivity contribution >= 4 is 29.4 Å². The Labute approximate surface area is 317 Å². The number of hydrogen-bond donors (Lipinski definition) is 2. The number of aliphatic hydroxyl groups is 1. The Morgan fingerprint density at radius 3 is 1.87 bits per heavy atom. The molecule has 9 atom stereocenters. The largest absolute Gasteiger partial charge is 0.481 e. The fourth-order valence-corrected chi connectivity index (χ4v) is 8.31. The fourth-order valence-electron chi connectivity index (χ4n) is 8.31. The molecule has 300 valence electrons. The Hall–Kier alpha value is -3.19. The second-order valence-electron chi connectivity index (χ2n) is 16.1. The van der Waals surface area contributed by atoms with Gasteiger partial charge in [0.25, 0.3) is 0 Å². The number of methoxy groups -OCH3 is 2. The molecule has 0 bridgehead atoms. The predicted molar refractivity (Wildman–Crippen MR) is 204 cm³/mol. The van der Waals surface area contributed by atoms with Gasteiger partial charge < -0.3 is 29.5 Å². The van der Waals surface area contributed by atoms with E-state index in [1.807, 2.05) is 60.5 Å². The highest BCUT2D eigenvalue weighted by Crippen LogP contribution is 2.32. The molecule has 0 saturated carbocycles. The van der Waals surface area contributed by atoms with E-state index in [0.717, 1.165) is 0 Å². The smallest absolute Gasteiger partial charge is 0.309 e. The summed E-state index contributed by atoms with van der Waals surface area (Å²) in [6.07, 6.45) is -1.73. The lowest BCUT2D eigenvalue weighted by atomic mass is 9.84. The summed E-state index contributed by atoms with van der Waals surface area (Å²) in [5.74, 6) is -4.71. The fraction of sp³-hybridized carbons (Fsp3) is 0.732. The number of rotatable bonds is 22. The Morgan fingerprint density at radius 2 is 1.40 bits per heavy atom. The number of ether oxygens (including phenoxy) is 2. The lowest BCUT2D eigenvalue weighted by Crippen LogP contribution is -2.54. The van der Waals surface area contributed by atoms with E-state index in [1.165, 1.54) is 14.2 Å². The minimum atomic E-state index is -1.37. The van der Waals surface area contributed by atoms with Gasteiger partial charge in [-0.3, -0.25) is 28.9 Å². The van der Waals surface area contributed by atoms with Crippen molar-refractivity contribution < 1.29 is 43.7 Å². The summed E-state index contributed by atoms with van der Waals surface area (Å²) >= 11 is 0. The zero-order chi connectivity index (χ0) is 40.3. The monoisotopic (exact) mass is 745 g/mol. The Bertz CT molecular complexity index is 1340. The Kier molecular flexibility index (Phi) is 18.3. The molecule has 1 aromatic carbocycles. The van der Waals surface area contributed by atoms with Crippen molar-refractivity contribution in [3.8, 4) is 0 Å². The molecule has 0 radical (unpaired) electrons. The van der Waals surface area contributed by atoms with Crippen molar-refractivity contribution in [2.24, 2.45) is 35.5 Å². The van der Waals surface area contributed by atoms with Crippen molar-refractivity contribution in [2.75, 3.05) is 41.9 Å². The van der Waals surface area contributed by atoms with Gasteiger partial charge in [-0.05, 0) is 50.3 Å². The third-order valence-electron chi connectivity index (χ3n) is 11.1. The van der Waals surface area contributed by atoms with Crippen LogP contribution in [-0.4, -0.2) is 127 Å². The minimum absolute atomic E-state index is 0.0160. The topological polar surface area (TPSA) is 154 Å². The van der Waals surface area contributed by atoms with Crippen molar-refractivity contribution in [1.82, 2.24) is 14.7 Å². The number of carboxylic acid groups (broad SMARTS) is 1. The van der Waals surface area contributed by atoms with E-state index in [0.29, 0.717) is 24.9 Å². The van der Waals surface area contributed by atoms with Crippen LogP contribution in [0.15, 0.2) is 30.3 Å². The van der Waals surface area contributed by atoms with Gasteiger partial charge in [0.2, 0.25) is 11.8 Å². The van der Waals surface area contributed by atoms with Gasteiger partial charge in [-0.2, -0.15) is 0 Å². The predicted octanol–water partition coefficient (Wildman–Crippen LogP) is 4.73. The number of Topliss-reactive ketones (excluding diaryl/α,β-unsaturated/α-hetero) is 2. The zero-order valence-corrected chi connectivity index (χ0v) is 34.2. The quantitative estimate of drug-likeness (QED) is 0.170. The van der Waals surface area contributed by atoms with Gasteiger partial charge in [-0.25, -0.2) is 0 Å². The van der Waals surface area contributed by atoms with Gasteiger partial charge in [0.05, 0.1) is 48.8 Å². The molecule has 0 aliphatic carbocycles. The van der Waals surface area contributed by atoms with Crippen LogP contribution in [0.3, 0.4) is 0 Å². The molecule has 0 unspecified atom stereocenters. The number of carboxylic acids is 1. The number of carbonyl (C=O) groups excluding carboxylic acids is 4. The van der Waals surface area contributed by atoms with E-state index in [9.17, 15) is 34.2 Å². The number of aliphatic hydroxyl groups excluding tert-OH is 1. The summed E-state index contributed by atoms with van der Waals surface area (Å²) < 4.78 is 11.8. The summed E-state index contributed by atoms with van der Waals surface area (Å²) in [7, 11) is 8.49. The van der Waals surface area contributed by atoms with Gasteiger partial charge in [0, 0.05) is 52.5 Å². The standard InChI is InChI=1S/C41H67N3O9/c1-24(2)29(21-33(46)36(25(3)4)42(8)9)40(49)43(10)37(26(5)6)34(52-11)23-35(47)44-20-16-19-31(44)39(53-12)27(7)32(45)22-30(41(50)51)38(48)28-17-14-13-15-18-28/h13-15,17-18,24-27,29-31,34,36-39,48H,16,19-23H2,1-12H3,(H,50,51)/t27-,29-,30-,31-,34+,36-,37-,38-,39+/m0/s1. The summed E-state index contributed by atoms with van der Waals surface area (Å²) in [6.45, 7) is 14.0. The first kappa shape index (κ1) is 46.0. The van der Waals surface area contributed by atoms with Crippen LogP contribution in [0, 0.1) is 35.5 Å². The van der Waals surface area contributed by atoms with Crippen LogP contribution in [0.25, 0.3) is 0 Å². The third kappa shape index (κ3) is 11.9. The van der Waals surface area contributed by atoms with Crippen LogP contribution in [0.2, 0.25) is 0 Å². The van der Waals surface area contributed by atoms with E-state index in [4.69, 9.17) is 9.47 Å². The molecule has 2 amide bonds. The molecular weight excluding hydrogens is 678 g/mol. The zero-order valence-electron chi connectivity index (χ0n) is 34.2. The van der Waals surface area contributed by atoms with Crippen LogP contribution in [0.1, 0.15) is 92.2 Å². The molecule has 2 rings (SSSR count). The summed E-state index contributed by atoms with van der Waals surface area (Å²) in [5, 5.41) is 20.8. The maximum Gasteiger partial charge on any atom is 0.309 e. The molecular formula is C41H67N3O9. The van der Waals surface area contributed by atoms with E-state index in [-0.39, 0.29) is 60.0 Å². The highest BCUT2D eigenvalue weighted by Gasteiger charge is 2.43. The van der Waals surface area contributed by atoms with Gasteiger partial charge in [0.1, 0.15) is 5.78 Å². The molecule has 1 fully saturated rings. The second-order valence-corrected chi connectivity index (χ2v) is 16.1. The Morgan fingerprint density at radius 1 is 0.811 bits per heavy atom. The molecule has 12 nitrogen and oxygen atoms in total. The normalized spacial score (nSPS) is 19.5. The second kappa shape index (κ2) is 21.0. The van der Waals surface area contributed by atoms with Crippen molar-refractivity contribution in [3.05, 3.63) is 35.9 Å². The SMILES string of the molecule is CO[C@H]([C@@H](C)C(=O)C[C@H](C(=O)O)[C@@H](O)c1ccccc1)[C@@H]1CCCN1C(=O)C[C@@H](OC)[C@H](C(C)C)N(C)C(=O)[C@@H](CC(=O)[C@H](C(C)C)N(C)C)C(C)C. The van der Waals surface area contributed by atoms with Gasteiger partial charge in [0.15, 0.2) is 5.78 Å². The number of amides is 2. The van der Waals surface area contributed by atoms with Crippen LogP contribution < -0.4 is 0 Å². The molecule has 0 spiro atoms. The molecule has 12 heteroatoms. The highest BCUT2D eigenvalue weighted by atomic mass is 16.5. The van der Waals surface area contributed by atoms with Crippen molar-refractivity contribution in [2.45, 2.75) is 117 Å². The number of ketones is 2. The maximum absolute atomic E-state index is 14.2. The number of carbonyl (C=O) groups is 5. The third-order valence-corrected chi connectivity index (χ3v) is 11.1. The lowest BCUT2D eigenvalue weighted by Gasteiger charge is -2.40. The number of likely N-dealkylation sites (N-methyl/N-ethyl adjacent to an activating group) is 2. The van der Waals surface area contributed by atoms with Crippen LogP contribution in [-0.2, 0) is 33.4 Å². The van der Waals surface area contributed by atoms with E-state index in [1.54, 1.807) is 54.1 Å². The molecule has 0 aromatic heterocycles. The van der Waals surface area contributed by atoms with Gasteiger partial charge >= 0.3 is 5.97 Å². The number of hydrogen-bond acceptors (Lipinski definition) is 9. The van der Waals surface area contributed by atoms with Crippen molar-refractivity contribution in [1.29, 1.82) is 0 Å². The van der Waals surface area contributed by atoms with Crippen LogP contribution in [0.4, 0.5) is 0 Å². The van der Waals surface area contributed by atoms with E-state index < -0.39 is 60.5 Å². The minimum Gasteiger partial charge on any atom is -0.481 e. The molecule has 2 N–H and O–H groups in total. The number of likely N-dealkylation sites (tertiary alicyclic amines) is 1. The number of benzene rings is 1. The lowest BCUT2D eigenvalue weighted by molar-refractivity contribution is -0.150. The van der Waals surface area contributed by atoms with E-state index >= 15 is 0 Å². The summed E-state index contributed by atoms with van der Waals surface area (Å²) in [5.41, 5.74) is 0.410. The number of nitrogens with zero attached hydrogens (tertiary/aromatic N) is 3. The van der Waals surface area contributed by atoms with Gasteiger partial charge in [-0.15, -0.1) is 0 Å². The summed E-state index contributed by atoms with van der Waals surface area (Å²) in [4.78, 5) is 72.8. The number of aliphatic carboxylic acids is 1. The molecule has 1 heterocycles. The van der Waals surface area contributed by atoms with Crippen LogP contribution >= 0.6 is 0 Å². The van der Waals surface area contributed by atoms with Crippen LogP contribution in [0.5, 0.6) is 0 Å². The van der Waals surface area contributed by atoms with Crippen molar-refractivity contribution in [3.63, 3.8) is 0 Å². The molecule has 53 heavy (non-hydrogen) atoms. The average molecular weight is 746 g/mol. The molecule has 1 aliphatic rings. The van der Waals surface area contributed by atoms with Gasteiger partial charge in [-0.1, -0.05) is 78.8 Å². The Balaban J connectivity index is 2.26. The first-order valence-electron chi connectivity index (χ1n) is 19.1. The van der Waals surface area contributed by atoms with E-state index in [2.05, 4.69) is 0 Å². The molecule has 1 aromatic rings. The highest BCUT2D eigenvalue weighted by molar-refractivity contribution is 5.90. The molecule has 1 saturated heterocycles. The summed E-state index contributed by atoms with van der Waals surface area (Å²) in [6, 6.07) is 7.19. The first-order chi connectivity index (χ1) is 24.8. The first-order valence-corrected chi connectivity index (χ1v) is 19.1. The maximum atomic E-state index is 14.2. The average Bonchev–Trinajstić information content (AvgIpc) is 3.58. The molecule has 1 aliphatic heterocycles.